The standard InChI is InChI=1S/C6H8ClNO3/c7-3-11-6(10)4-1-2-5(9)8-4/h4H,1-3H2,(H,8,9)/t4-/m0/s1. The molecular formula is C6H8ClNO3. The third kappa shape index (κ3) is 2.08. The summed E-state index contributed by atoms with van der Waals surface area (Å²) in [5.41, 5.74) is 0. The summed E-state index contributed by atoms with van der Waals surface area (Å²) < 4.78 is 4.49. The number of carbonyl (C=O) groups excluding carboxylic acids is 2. The number of hydrogen-bond acceptors (Lipinski definition) is 3. The Morgan fingerprint density at radius 2 is 2.55 bits per heavy atom. The Kier molecular flexibility index (Phi) is 2.70. The van der Waals surface area contributed by atoms with Gasteiger partial charge in [-0.3, -0.25) is 4.79 Å². The normalized spacial score (nSPS) is 23.0. The molecule has 4 nitrogen and oxygen atoms in total. The molecule has 62 valence electrons. The van der Waals surface area contributed by atoms with Gasteiger partial charge in [-0.25, -0.2) is 4.79 Å². The lowest BCUT2D eigenvalue weighted by atomic mass is 10.2. The average Bonchev–Trinajstić information content (AvgIpc) is 2.36. The van der Waals surface area contributed by atoms with E-state index in [4.69, 9.17) is 11.6 Å². The van der Waals surface area contributed by atoms with Crippen molar-refractivity contribution in [1.82, 2.24) is 5.32 Å². The largest absolute Gasteiger partial charge is 0.448 e. The molecule has 1 amide bonds. The fourth-order valence-corrected chi connectivity index (χ4v) is 1.05. The maximum absolute atomic E-state index is 10.9. The van der Waals surface area contributed by atoms with Gasteiger partial charge in [-0.1, -0.05) is 11.6 Å². The predicted octanol–water partition coefficient (Wildman–Crippen LogP) is 0.00450. The summed E-state index contributed by atoms with van der Waals surface area (Å²) in [5.74, 6) is -0.563. The first-order chi connectivity index (χ1) is 5.24. The average molecular weight is 178 g/mol. The van der Waals surface area contributed by atoms with Gasteiger partial charge < -0.3 is 10.1 Å². The molecule has 1 fully saturated rings. The van der Waals surface area contributed by atoms with Crippen molar-refractivity contribution in [1.29, 1.82) is 0 Å². The first-order valence-corrected chi connectivity index (χ1v) is 3.79. The zero-order chi connectivity index (χ0) is 8.27. The second-order valence-corrected chi connectivity index (χ2v) is 2.45. The highest BCUT2D eigenvalue weighted by Crippen LogP contribution is 2.07. The lowest BCUT2D eigenvalue weighted by molar-refractivity contribution is -0.144. The summed E-state index contributed by atoms with van der Waals surface area (Å²) in [6.45, 7) is 0. The Balaban J connectivity index is 2.37. The number of nitrogens with one attached hydrogen (secondary N) is 1. The first kappa shape index (κ1) is 8.33. The van der Waals surface area contributed by atoms with E-state index in [1.54, 1.807) is 0 Å². The van der Waals surface area contributed by atoms with Crippen molar-refractivity contribution >= 4 is 23.5 Å². The van der Waals surface area contributed by atoms with Gasteiger partial charge in [0, 0.05) is 6.42 Å². The molecule has 5 heteroatoms. The Morgan fingerprint density at radius 3 is 3.00 bits per heavy atom. The van der Waals surface area contributed by atoms with Crippen molar-refractivity contribution in [2.24, 2.45) is 0 Å². The van der Waals surface area contributed by atoms with Crippen molar-refractivity contribution in [2.45, 2.75) is 18.9 Å². The van der Waals surface area contributed by atoms with Crippen LogP contribution >= 0.6 is 11.6 Å². The van der Waals surface area contributed by atoms with Crippen LogP contribution in [0.5, 0.6) is 0 Å². The monoisotopic (exact) mass is 177 g/mol. The number of ether oxygens (including phenoxy) is 1. The maximum atomic E-state index is 10.9. The van der Waals surface area contributed by atoms with Gasteiger partial charge in [0.05, 0.1) is 0 Å². The minimum atomic E-state index is -0.485. The minimum Gasteiger partial charge on any atom is -0.448 e. The molecule has 0 aliphatic carbocycles. The van der Waals surface area contributed by atoms with E-state index in [1.807, 2.05) is 0 Å². The van der Waals surface area contributed by atoms with Crippen molar-refractivity contribution in [3.05, 3.63) is 0 Å². The molecule has 11 heavy (non-hydrogen) atoms. The van der Waals surface area contributed by atoms with Crippen LogP contribution < -0.4 is 5.32 Å². The number of carbonyl (C=O) groups is 2. The zero-order valence-electron chi connectivity index (χ0n) is 5.80. The molecule has 1 heterocycles. The number of hydrogen-bond donors (Lipinski definition) is 1. The molecule has 1 aliphatic heterocycles. The molecule has 1 aliphatic rings. The van der Waals surface area contributed by atoms with Crippen LogP contribution in [-0.2, 0) is 14.3 Å². The summed E-state index contributed by atoms with van der Waals surface area (Å²) in [6.07, 6.45) is 0.899. The summed E-state index contributed by atoms with van der Waals surface area (Å²) in [6, 6.07) is -0.646. The molecule has 1 atom stereocenters. The third-order valence-corrected chi connectivity index (χ3v) is 1.59. The van der Waals surface area contributed by atoms with Crippen LogP contribution in [0.15, 0.2) is 0 Å². The Bertz CT molecular complexity index is 183. The number of esters is 1. The van der Waals surface area contributed by atoms with Crippen LogP contribution in [0.25, 0.3) is 0 Å². The maximum Gasteiger partial charge on any atom is 0.329 e. The second kappa shape index (κ2) is 3.57. The van der Waals surface area contributed by atoms with Crippen molar-refractivity contribution in [3.8, 4) is 0 Å². The molecule has 0 aromatic carbocycles. The van der Waals surface area contributed by atoms with Gasteiger partial charge in [0.1, 0.15) is 6.04 Å². The highest BCUT2D eigenvalue weighted by Gasteiger charge is 2.27. The molecule has 1 rings (SSSR count). The number of alkyl halides is 1. The second-order valence-electron chi connectivity index (χ2n) is 2.23. The van der Waals surface area contributed by atoms with Crippen LogP contribution in [-0.4, -0.2) is 24.0 Å². The topological polar surface area (TPSA) is 55.4 Å². The summed E-state index contributed by atoms with van der Waals surface area (Å²) in [4.78, 5) is 21.5. The smallest absolute Gasteiger partial charge is 0.329 e. The number of halogens is 1. The zero-order valence-corrected chi connectivity index (χ0v) is 6.56. The molecule has 0 unspecified atom stereocenters. The fourth-order valence-electron chi connectivity index (χ4n) is 0.945. The van der Waals surface area contributed by atoms with E-state index in [9.17, 15) is 9.59 Å². The summed E-state index contributed by atoms with van der Waals surface area (Å²) in [5, 5.41) is 2.47. The highest BCUT2D eigenvalue weighted by atomic mass is 35.5. The molecule has 0 radical (unpaired) electrons. The quantitative estimate of drug-likeness (QED) is 0.477. The molecule has 0 saturated carbocycles. The lowest BCUT2D eigenvalue weighted by Crippen LogP contribution is -2.34. The van der Waals surface area contributed by atoms with E-state index in [1.165, 1.54) is 0 Å². The van der Waals surface area contributed by atoms with Crippen LogP contribution in [0, 0.1) is 0 Å². The molecule has 1 saturated heterocycles. The minimum absolute atomic E-state index is 0.110. The van der Waals surface area contributed by atoms with Gasteiger partial charge in [-0.05, 0) is 6.42 Å². The van der Waals surface area contributed by atoms with E-state index < -0.39 is 12.0 Å². The third-order valence-electron chi connectivity index (χ3n) is 1.48. The molecular weight excluding hydrogens is 170 g/mol. The van der Waals surface area contributed by atoms with E-state index in [0.29, 0.717) is 12.8 Å². The van der Waals surface area contributed by atoms with E-state index >= 15 is 0 Å². The lowest BCUT2D eigenvalue weighted by Gasteiger charge is -2.06. The predicted molar refractivity (Wildman–Crippen MR) is 38.0 cm³/mol. The number of amides is 1. The van der Waals surface area contributed by atoms with Crippen LogP contribution in [0.1, 0.15) is 12.8 Å². The van der Waals surface area contributed by atoms with Gasteiger partial charge in [0.2, 0.25) is 5.91 Å². The van der Waals surface area contributed by atoms with Crippen molar-refractivity contribution in [3.63, 3.8) is 0 Å². The SMILES string of the molecule is O=C1CC[C@@H](C(=O)OCCl)N1. The van der Waals surface area contributed by atoms with Gasteiger partial charge in [-0.15, -0.1) is 0 Å². The molecule has 1 N–H and O–H groups in total. The van der Waals surface area contributed by atoms with Crippen molar-refractivity contribution in [2.75, 3.05) is 6.07 Å². The Hall–Kier alpha value is -0.770. The van der Waals surface area contributed by atoms with E-state index in [0.717, 1.165) is 0 Å². The Labute approximate surface area is 68.8 Å². The van der Waals surface area contributed by atoms with Crippen LogP contribution in [0.3, 0.4) is 0 Å². The van der Waals surface area contributed by atoms with E-state index in [2.05, 4.69) is 10.1 Å². The summed E-state index contributed by atoms with van der Waals surface area (Å²) in [7, 11) is 0. The first-order valence-electron chi connectivity index (χ1n) is 3.26. The van der Waals surface area contributed by atoms with Gasteiger partial charge in [0.15, 0.2) is 6.07 Å². The van der Waals surface area contributed by atoms with Crippen molar-refractivity contribution < 1.29 is 14.3 Å². The molecule has 0 bridgehead atoms. The van der Waals surface area contributed by atoms with Crippen LogP contribution in [0.2, 0.25) is 0 Å². The van der Waals surface area contributed by atoms with Gasteiger partial charge in [-0.2, -0.15) is 0 Å². The Morgan fingerprint density at radius 1 is 1.82 bits per heavy atom. The molecule has 0 aromatic heterocycles. The summed E-state index contributed by atoms with van der Waals surface area (Å²) >= 11 is 5.16. The van der Waals surface area contributed by atoms with Crippen LogP contribution in [0.4, 0.5) is 0 Å². The highest BCUT2D eigenvalue weighted by molar-refractivity contribution is 6.17. The fraction of sp³-hybridized carbons (Fsp3) is 0.667. The van der Waals surface area contributed by atoms with E-state index in [-0.39, 0.29) is 12.0 Å². The van der Waals surface area contributed by atoms with Gasteiger partial charge >= 0.3 is 5.97 Å². The molecule has 0 spiro atoms. The van der Waals surface area contributed by atoms with Gasteiger partial charge in [0.25, 0.3) is 0 Å². The molecule has 0 aromatic rings. The number of rotatable bonds is 2.